The molecule has 6 rings (SSSR count). The first-order chi connectivity index (χ1) is 23.0. The van der Waals surface area contributed by atoms with Crippen LogP contribution in [0.2, 0.25) is 0 Å². The summed E-state index contributed by atoms with van der Waals surface area (Å²) in [5, 5.41) is 22.0. The van der Waals surface area contributed by atoms with Crippen molar-refractivity contribution in [2.45, 2.75) is 51.5 Å². The molecule has 0 aliphatic carbocycles. The Morgan fingerprint density at radius 3 is 2.29 bits per heavy atom. The molecule has 262 valence electrons. The molecule has 0 aromatic carbocycles. The number of H-pyrrole nitrogens is 2. The smallest absolute Gasteiger partial charge is 0.285 e. The molecule has 0 spiro atoms. The summed E-state index contributed by atoms with van der Waals surface area (Å²) in [6, 6.07) is 2.46. The molecular formula is C27H42N14O6S. The van der Waals surface area contributed by atoms with Crippen molar-refractivity contribution in [3.05, 3.63) is 44.9 Å². The molecule has 4 aromatic heterocycles. The number of aromatic nitrogens is 8. The second-order valence-corrected chi connectivity index (χ2v) is 13.3. The maximum atomic E-state index is 12.2. The van der Waals surface area contributed by atoms with Gasteiger partial charge in [0.05, 0.1) is 19.3 Å². The number of piperidine rings is 1. The van der Waals surface area contributed by atoms with Crippen LogP contribution in [-0.2, 0) is 25.7 Å². The third kappa shape index (κ3) is 9.41. The van der Waals surface area contributed by atoms with E-state index < -0.39 is 15.7 Å². The second kappa shape index (κ2) is 15.7. The lowest BCUT2D eigenvalue weighted by atomic mass is 10.2. The number of hydrazine groups is 2. The molecule has 4 aromatic rings. The van der Waals surface area contributed by atoms with E-state index >= 15 is 0 Å². The van der Waals surface area contributed by atoms with Crippen LogP contribution in [0.15, 0.2) is 27.9 Å². The summed E-state index contributed by atoms with van der Waals surface area (Å²) in [6.45, 7) is 4.61. The van der Waals surface area contributed by atoms with Gasteiger partial charge in [0.15, 0.2) is 11.6 Å². The number of rotatable bonds is 10. The molecule has 2 aliphatic heterocycles. The maximum absolute atomic E-state index is 12.2. The standard InChI is InChI=1S/C14H21N7O2.C13H21N7O4S/c1-19(20-8-4-2-3-5-9-20)10-11(22)16-14-18-17-13-15-7-6-12(23)21(13)14;1-18(19-6-4-3-5-7-19)9-10-14-13-15-12(21)8-11(20(13)16-10)17-24-25(2,22)23/h6-7H,2-5,8-10H2,1H3,(H,15,17)(H,16,18,22);8,17H,3-7,9H2,1-2H3,(H,14,15,16,21). The van der Waals surface area contributed by atoms with E-state index in [0.29, 0.717) is 18.1 Å². The van der Waals surface area contributed by atoms with E-state index in [-0.39, 0.29) is 35.6 Å². The molecule has 21 heteroatoms. The Balaban J connectivity index is 0.000000188. The van der Waals surface area contributed by atoms with E-state index in [9.17, 15) is 22.8 Å². The van der Waals surface area contributed by atoms with Gasteiger partial charge in [0.25, 0.3) is 21.2 Å². The minimum Gasteiger partial charge on any atom is -0.293 e. The van der Waals surface area contributed by atoms with Gasteiger partial charge < -0.3 is 0 Å². The van der Waals surface area contributed by atoms with E-state index in [0.717, 1.165) is 64.2 Å². The molecule has 0 atom stereocenters. The van der Waals surface area contributed by atoms with E-state index in [1.165, 1.54) is 40.4 Å². The van der Waals surface area contributed by atoms with Gasteiger partial charge in [0.2, 0.25) is 23.4 Å². The normalized spacial score (nSPS) is 16.6. The fourth-order valence-corrected chi connectivity index (χ4v) is 5.75. The molecule has 4 N–H and O–H groups in total. The zero-order chi connectivity index (χ0) is 34.3. The third-order valence-corrected chi connectivity index (χ3v) is 8.26. The van der Waals surface area contributed by atoms with Gasteiger partial charge in [-0.05, 0) is 25.7 Å². The summed E-state index contributed by atoms with van der Waals surface area (Å²) < 4.78 is 29.3. The lowest BCUT2D eigenvalue weighted by molar-refractivity contribution is -0.121. The Kier molecular flexibility index (Phi) is 11.5. The van der Waals surface area contributed by atoms with E-state index in [1.807, 2.05) is 24.1 Å². The Morgan fingerprint density at radius 2 is 1.62 bits per heavy atom. The van der Waals surface area contributed by atoms with Crippen molar-refractivity contribution < 1.29 is 17.5 Å². The zero-order valence-electron chi connectivity index (χ0n) is 27.3. The molecule has 0 saturated carbocycles. The van der Waals surface area contributed by atoms with Gasteiger partial charge in [0.1, 0.15) is 0 Å². The number of amides is 1. The number of nitrogens with zero attached hydrogens (tertiary/aromatic N) is 10. The summed E-state index contributed by atoms with van der Waals surface area (Å²) in [7, 11) is 0.138. The Hall–Kier alpha value is -4.28. The number of likely N-dealkylation sites (N-methyl/N-ethyl adjacent to an activating group) is 1. The highest BCUT2D eigenvalue weighted by molar-refractivity contribution is 7.86. The van der Waals surface area contributed by atoms with Crippen molar-refractivity contribution in [2.75, 3.05) is 63.9 Å². The van der Waals surface area contributed by atoms with Gasteiger partial charge in [-0.15, -0.1) is 14.5 Å². The number of carbonyl (C=O) groups excluding carboxylic acids is 1. The summed E-state index contributed by atoms with van der Waals surface area (Å²) >= 11 is 0. The van der Waals surface area contributed by atoms with Crippen molar-refractivity contribution in [1.82, 2.24) is 59.2 Å². The average Bonchev–Trinajstić information content (AvgIpc) is 3.53. The summed E-state index contributed by atoms with van der Waals surface area (Å²) in [5.41, 5.74) is 1.49. The average molecular weight is 691 g/mol. The molecule has 1 amide bonds. The monoisotopic (exact) mass is 690 g/mol. The van der Waals surface area contributed by atoms with Crippen molar-refractivity contribution in [3.63, 3.8) is 0 Å². The minimum atomic E-state index is -3.73. The van der Waals surface area contributed by atoms with Gasteiger partial charge in [-0.25, -0.2) is 40.0 Å². The number of carbonyl (C=O) groups is 1. The van der Waals surface area contributed by atoms with Crippen molar-refractivity contribution in [1.29, 1.82) is 0 Å². The van der Waals surface area contributed by atoms with Gasteiger partial charge in [-0.3, -0.25) is 24.7 Å². The predicted octanol–water partition coefficient (Wildman–Crippen LogP) is -0.368. The van der Waals surface area contributed by atoms with E-state index in [2.05, 4.69) is 55.3 Å². The van der Waals surface area contributed by atoms with Gasteiger partial charge >= 0.3 is 0 Å². The van der Waals surface area contributed by atoms with Crippen LogP contribution < -0.4 is 21.9 Å². The summed E-state index contributed by atoms with van der Waals surface area (Å²) in [5.74, 6) is 1.01. The van der Waals surface area contributed by atoms with E-state index in [1.54, 1.807) is 0 Å². The Bertz CT molecular complexity index is 1910. The fourth-order valence-electron chi connectivity index (χ4n) is 5.51. The molecule has 6 heterocycles. The van der Waals surface area contributed by atoms with Crippen LogP contribution in [0.5, 0.6) is 0 Å². The highest BCUT2D eigenvalue weighted by atomic mass is 32.2. The van der Waals surface area contributed by atoms with Crippen LogP contribution in [0.4, 0.5) is 11.8 Å². The van der Waals surface area contributed by atoms with Crippen LogP contribution in [0, 0.1) is 0 Å². The third-order valence-electron chi connectivity index (χ3n) is 7.87. The van der Waals surface area contributed by atoms with Crippen molar-refractivity contribution >= 4 is 39.3 Å². The molecule has 20 nitrogen and oxygen atoms in total. The van der Waals surface area contributed by atoms with Gasteiger partial charge in [-0.1, -0.05) is 19.3 Å². The Labute approximate surface area is 276 Å². The summed E-state index contributed by atoms with van der Waals surface area (Å²) in [6.07, 6.45) is 10.6. The quantitative estimate of drug-likeness (QED) is 0.156. The maximum Gasteiger partial charge on any atom is 0.285 e. The first kappa shape index (κ1) is 35.0. The highest BCUT2D eigenvalue weighted by Gasteiger charge is 2.19. The van der Waals surface area contributed by atoms with Crippen LogP contribution in [-0.4, -0.2) is 127 Å². The number of nitrogens with one attached hydrogen (secondary N) is 4. The zero-order valence-corrected chi connectivity index (χ0v) is 28.1. The number of aromatic amines is 2. The van der Waals surface area contributed by atoms with Crippen molar-refractivity contribution in [3.8, 4) is 0 Å². The molecule has 2 saturated heterocycles. The first-order valence-electron chi connectivity index (χ1n) is 15.7. The lowest BCUT2D eigenvalue weighted by Gasteiger charge is -2.34. The molecule has 2 fully saturated rings. The van der Waals surface area contributed by atoms with Gasteiger partial charge in [-0.2, -0.15) is 17.9 Å². The summed E-state index contributed by atoms with van der Waals surface area (Å²) in [4.78, 5) is 46.6. The minimum absolute atomic E-state index is 0.0727. The molecule has 0 unspecified atom stereocenters. The number of hydrogen-bond acceptors (Lipinski definition) is 15. The van der Waals surface area contributed by atoms with Gasteiger partial charge in [0, 0.05) is 58.6 Å². The highest BCUT2D eigenvalue weighted by Crippen LogP contribution is 2.14. The fraction of sp³-hybridized carbons (Fsp3) is 0.593. The first-order valence-corrected chi connectivity index (χ1v) is 17.6. The predicted molar refractivity (Wildman–Crippen MR) is 175 cm³/mol. The SMILES string of the molecule is CN(CC(=O)Nc1n[nH]c2nccc(=O)n12)N1CCCCCC1.CN(Cc1nc2[nH]c(=O)cc(NOS(C)(=O)=O)n2n1)N1CCCCC1. The van der Waals surface area contributed by atoms with Crippen LogP contribution in [0.25, 0.3) is 11.6 Å². The number of fused-ring (bicyclic) bond motifs is 2. The second-order valence-electron chi connectivity index (χ2n) is 11.7. The molecule has 0 radical (unpaired) electrons. The largest absolute Gasteiger partial charge is 0.293 e. The van der Waals surface area contributed by atoms with Crippen LogP contribution >= 0.6 is 0 Å². The number of hydrogen-bond donors (Lipinski definition) is 4. The topological polar surface area (TPSA) is 224 Å². The van der Waals surface area contributed by atoms with Crippen LogP contribution in [0.1, 0.15) is 50.8 Å². The lowest BCUT2D eigenvalue weighted by Crippen LogP contribution is -2.44. The molecule has 0 bridgehead atoms. The molecular weight excluding hydrogens is 648 g/mol. The van der Waals surface area contributed by atoms with Crippen molar-refractivity contribution in [2.24, 2.45) is 0 Å². The Morgan fingerprint density at radius 1 is 0.979 bits per heavy atom. The molecule has 48 heavy (non-hydrogen) atoms. The molecule has 2 aliphatic rings. The van der Waals surface area contributed by atoms with Crippen LogP contribution in [0.3, 0.4) is 0 Å². The number of anilines is 2. The van der Waals surface area contributed by atoms with E-state index in [4.69, 9.17) is 0 Å².